The van der Waals surface area contributed by atoms with E-state index >= 15 is 0 Å². The summed E-state index contributed by atoms with van der Waals surface area (Å²) in [5.41, 5.74) is 8.31. The molecule has 6 heteroatoms. The minimum atomic E-state index is -0.673. The third-order valence-electron chi connectivity index (χ3n) is 2.97. The molecule has 0 fully saturated rings. The minimum Gasteiger partial charge on any atom is -0.380 e. The van der Waals surface area contributed by atoms with Gasteiger partial charge in [-0.3, -0.25) is 0 Å². The second kappa shape index (κ2) is 4.72. The first-order valence-corrected chi connectivity index (χ1v) is 6.75. The Labute approximate surface area is 117 Å². The second-order valence-corrected chi connectivity index (χ2v) is 5.14. The largest absolute Gasteiger partial charge is 0.380 e. The Balaban J connectivity index is 2.24. The highest BCUT2D eigenvalue weighted by Crippen LogP contribution is 2.39. The fourth-order valence-electron chi connectivity index (χ4n) is 2.06. The molecule has 2 heterocycles. The van der Waals surface area contributed by atoms with Crippen molar-refractivity contribution >= 4 is 17.2 Å². The summed E-state index contributed by atoms with van der Waals surface area (Å²) in [5.74, 6) is -0.816. The number of hydrogen-bond donors (Lipinski definition) is 1. The van der Waals surface area contributed by atoms with E-state index in [1.165, 1.54) is 23.5 Å². The van der Waals surface area contributed by atoms with Crippen LogP contribution in [0.1, 0.15) is 5.56 Å². The maximum atomic E-state index is 13.4. The first-order valence-electron chi connectivity index (χ1n) is 5.81. The number of benzene rings is 1. The minimum absolute atomic E-state index is 0.107. The van der Waals surface area contributed by atoms with Crippen LogP contribution < -0.4 is 5.73 Å². The van der Waals surface area contributed by atoms with Crippen LogP contribution >= 0.6 is 11.3 Å². The van der Waals surface area contributed by atoms with E-state index in [0.717, 1.165) is 17.2 Å². The van der Waals surface area contributed by atoms with E-state index in [-0.39, 0.29) is 5.82 Å². The second-order valence-electron chi connectivity index (χ2n) is 4.40. The number of hydrogen-bond acceptors (Lipinski definition) is 4. The van der Waals surface area contributed by atoms with Crippen LogP contribution in [0.3, 0.4) is 0 Å². The average molecular weight is 292 g/mol. The highest BCUT2D eigenvalue weighted by molar-refractivity contribution is 7.08. The number of nitrogen functional groups attached to an aromatic ring is 1. The first kappa shape index (κ1) is 12.8. The van der Waals surface area contributed by atoms with E-state index in [1.54, 1.807) is 0 Å². The molecule has 0 aliphatic heterocycles. The summed E-state index contributed by atoms with van der Waals surface area (Å²) in [4.78, 5) is 0. The summed E-state index contributed by atoms with van der Waals surface area (Å²) in [7, 11) is 0. The zero-order valence-corrected chi connectivity index (χ0v) is 11.3. The standard InChI is InChI=1S/C14H10F2N2OS/c1-7-5-20-6-11(7)13-12(14(17)18-19-13)8-2-9(15)4-10(16)3-8/h2-6H,1H3,(H2,17,18). The molecule has 0 amide bonds. The number of anilines is 1. The number of nitrogens with zero attached hydrogens (tertiary/aromatic N) is 1. The summed E-state index contributed by atoms with van der Waals surface area (Å²) in [5, 5.41) is 7.54. The van der Waals surface area contributed by atoms with Gasteiger partial charge in [-0.2, -0.15) is 11.3 Å². The zero-order chi connectivity index (χ0) is 14.3. The lowest BCUT2D eigenvalue weighted by molar-refractivity contribution is 0.436. The van der Waals surface area contributed by atoms with Crippen LogP contribution in [0.4, 0.5) is 14.6 Å². The van der Waals surface area contributed by atoms with Crippen LogP contribution in [0.2, 0.25) is 0 Å². The van der Waals surface area contributed by atoms with Crippen molar-refractivity contribution in [1.29, 1.82) is 0 Å². The van der Waals surface area contributed by atoms with Gasteiger partial charge in [-0.1, -0.05) is 5.16 Å². The number of halogens is 2. The van der Waals surface area contributed by atoms with Gasteiger partial charge >= 0.3 is 0 Å². The number of aryl methyl sites for hydroxylation is 1. The SMILES string of the molecule is Cc1cscc1-c1onc(N)c1-c1cc(F)cc(F)c1. The summed E-state index contributed by atoms with van der Waals surface area (Å²) in [6.45, 7) is 1.92. The maximum Gasteiger partial charge on any atom is 0.178 e. The Hall–Kier alpha value is -2.21. The molecule has 102 valence electrons. The van der Waals surface area contributed by atoms with Gasteiger partial charge in [-0.25, -0.2) is 8.78 Å². The third-order valence-corrected chi connectivity index (χ3v) is 3.83. The fourth-order valence-corrected chi connectivity index (χ4v) is 2.88. The van der Waals surface area contributed by atoms with Gasteiger partial charge in [-0.05, 0) is 35.6 Å². The lowest BCUT2D eigenvalue weighted by atomic mass is 10.0. The molecule has 2 N–H and O–H groups in total. The van der Waals surface area contributed by atoms with Gasteiger partial charge in [0.2, 0.25) is 0 Å². The van der Waals surface area contributed by atoms with E-state index < -0.39 is 11.6 Å². The number of thiophene rings is 1. The van der Waals surface area contributed by atoms with E-state index in [0.29, 0.717) is 16.9 Å². The molecular formula is C14H10F2N2OS. The molecule has 0 atom stereocenters. The molecule has 20 heavy (non-hydrogen) atoms. The molecule has 3 aromatic rings. The van der Waals surface area contributed by atoms with Crippen molar-refractivity contribution in [3.05, 3.63) is 46.2 Å². The predicted octanol–water partition coefficient (Wildman–Crippen LogP) is 4.24. The molecule has 0 aliphatic rings. The van der Waals surface area contributed by atoms with Gasteiger partial charge in [0.25, 0.3) is 0 Å². The maximum absolute atomic E-state index is 13.4. The van der Waals surface area contributed by atoms with Gasteiger partial charge in [-0.15, -0.1) is 0 Å². The molecule has 0 saturated carbocycles. The number of rotatable bonds is 2. The van der Waals surface area contributed by atoms with Crippen LogP contribution in [0.25, 0.3) is 22.5 Å². The Kier molecular flexibility index (Phi) is 3.02. The molecule has 0 aliphatic carbocycles. The number of aromatic nitrogens is 1. The van der Waals surface area contributed by atoms with E-state index in [9.17, 15) is 8.78 Å². The van der Waals surface area contributed by atoms with Crippen LogP contribution in [0.15, 0.2) is 33.5 Å². The molecule has 0 radical (unpaired) electrons. The molecule has 0 unspecified atom stereocenters. The fraction of sp³-hybridized carbons (Fsp3) is 0.0714. The van der Waals surface area contributed by atoms with Crippen LogP contribution in [-0.2, 0) is 0 Å². The molecule has 3 nitrogen and oxygen atoms in total. The van der Waals surface area contributed by atoms with E-state index in [4.69, 9.17) is 10.3 Å². The Morgan fingerprint density at radius 1 is 1.15 bits per heavy atom. The van der Waals surface area contributed by atoms with Crippen molar-refractivity contribution in [2.24, 2.45) is 0 Å². The summed E-state index contributed by atoms with van der Waals surface area (Å²) >= 11 is 1.50. The Morgan fingerprint density at radius 2 is 1.85 bits per heavy atom. The van der Waals surface area contributed by atoms with Gasteiger partial charge in [0.15, 0.2) is 11.6 Å². The molecule has 2 aromatic heterocycles. The average Bonchev–Trinajstić information content (AvgIpc) is 2.93. The highest BCUT2D eigenvalue weighted by Gasteiger charge is 2.20. The van der Waals surface area contributed by atoms with Gasteiger partial charge < -0.3 is 10.3 Å². The molecule has 0 bridgehead atoms. The van der Waals surface area contributed by atoms with Crippen molar-refractivity contribution in [3.63, 3.8) is 0 Å². The molecule has 0 saturated heterocycles. The van der Waals surface area contributed by atoms with Gasteiger partial charge in [0.1, 0.15) is 11.6 Å². The Morgan fingerprint density at radius 3 is 2.45 bits per heavy atom. The Bertz CT molecular complexity index is 759. The topological polar surface area (TPSA) is 52.0 Å². The lowest BCUT2D eigenvalue weighted by Crippen LogP contribution is -1.91. The summed E-state index contributed by atoms with van der Waals surface area (Å²) < 4.78 is 32.0. The highest BCUT2D eigenvalue weighted by atomic mass is 32.1. The van der Waals surface area contributed by atoms with Gasteiger partial charge in [0, 0.05) is 17.0 Å². The first-order chi connectivity index (χ1) is 9.56. The quantitative estimate of drug-likeness (QED) is 0.768. The molecule has 1 aromatic carbocycles. The van der Waals surface area contributed by atoms with Crippen LogP contribution in [0, 0.1) is 18.6 Å². The number of nitrogens with two attached hydrogens (primary N) is 1. The third kappa shape index (κ3) is 2.08. The molecule has 0 spiro atoms. The lowest BCUT2D eigenvalue weighted by Gasteiger charge is -2.03. The van der Waals surface area contributed by atoms with Crippen molar-refractivity contribution in [3.8, 4) is 22.5 Å². The van der Waals surface area contributed by atoms with Crippen molar-refractivity contribution < 1.29 is 13.3 Å². The van der Waals surface area contributed by atoms with Crippen LogP contribution in [0.5, 0.6) is 0 Å². The summed E-state index contributed by atoms with van der Waals surface area (Å²) in [6, 6.07) is 3.22. The van der Waals surface area contributed by atoms with E-state index in [2.05, 4.69) is 5.16 Å². The van der Waals surface area contributed by atoms with E-state index in [1.807, 2.05) is 17.7 Å². The predicted molar refractivity (Wildman–Crippen MR) is 74.3 cm³/mol. The normalized spacial score (nSPS) is 10.9. The monoisotopic (exact) mass is 292 g/mol. The van der Waals surface area contributed by atoms with Crippen molar-refractivity contribution in [1.82, 2.24) is 5.16 Å². The zero-order valence-electron chi connectivity index (χ0n) is 10.5. The molecular weight excluding hydrogens is 282 g/mol. The van der Waals surface area contributed by atoms with Gasteiger partial charge in [0.05, 0.1) is 5.56 Å². The van der Waals surface area contributed by atoms with Crippen molar-refractivity contribution in [2.45, 2.75) is 6.92 Å². The van der Waals surface area contributed by atoms with Crippen molar-refractivity contribution in [2.75, 3.05) is 5.73 Å². The summed E-state index contributed by atoms with van der Waals surface area (Å²) in [6.07, 6.45) is 0. The molecule has 3 rings (SSSR count). The van der Waals surface area contributed by atoms with Crippen LogP contribution in [-0.4, -0.2) is 5.16 Å². The smallest absolute Gasteiger partial charge is 0.178 e.